The summed E-state index contributed by atoms with van der Waals surface area (Å²) in [7, 11) is 0. The van der Waals surface area contributed by atoms with Crippen molar-refractivity contribution in [3.05, 3.63) is 29.6 Å². The molecule has 4 heteroatoms. The molecule has 2 aliphatic rings. The first-order valence-corrected chi connectivity index (χ1v) is 6.28. The van der Waals surface area contributed by atoms with Gasteiger partial charge in [0.2, 0.25) is 0 Å². The molecule has 1 N–H and O–H groups in total. The Balaban J connectivity index is 2.07. The van der Waals surface area contributed by atoms with Gasteiger partial charge in [0, 0.05) is 10.3 Å². The third-order valence-electron chi connectivity index (χ3n) is 3.66. The first-order chi connectivity index (χ1) is 7.63. The molecular formula is C12H11FO2S. The molecule has 84 valence electrons. The average Bonchev–Trinajstić information content (AvgIpc) is 2.96. The summed E-state index contributed by atoms with van der Waals surface area (Å²) in [6, 6.07) is 4.74. The van der Waals surface area contributed by atoms with E-state index in [2.05, 4.69) is 0 Å². The Morgan fingerprint density at radius 3 is 3.06 bits per heavy atom. The number of fused-ring (bicyclic) bond motifs is 2. The average molecular weight is 238 g/mol. The number of thioether (sulfide) groups is 1. The Kier molecular flexibility index (Phi) is 2.05. The fraction of sp³-hybridized carbons (Fsp3) is 0.417. The number of hydrogen-bond acceptors (Lipinski definition) is 2. The van der Waals surface area contributed by atoms with Crippen LogP contribution < -0.4 is 0 Å². The Morgan fingerprint density at radius 1 is 1.56 bits per heavy atom. The maximum atomic E-state index is 13.2. The summed E-state index contributed by atoms with van der Waals surface area (Å²) >= 11 is 1.69. The van der Waals surface area contributed by atoms with Crippen molar-refractivity contribution in [2.45, 2.75) is 23.2 Å². The summed E-state index contributed by atoms with van der Waals surface area (Å²) < 4.78 is 13.2. The third-order valence-corrected chi connectivity index (χ3v) is 4.73. The van der Waals surface area contributed by atoms with Crippen LogP contribution in [0.15, 0.2) is 23.1 Å². The molecule has 2 atom stereocenters. The summed E-state index contributed by atoms with van der Waals surface area (Å²) in [5, 5.41) is 9.07. The fourth-order valence-electron chi connectivity index (χ4n) is 2.70. The molecule has 2 nitrogen and oxygen atoms in total. The summed E-state index contributed by atoms with van der Waals surface area (Å²) in [6.07, 6.45) is 1.52. The van der Waals surface area contributed by atoms with E-state index in [1.807, 2.05) is 0 Å². The van der Waals surface area contributed by atoms with Gasteiger partial charge >= 0.3 is 5.97 Å². The zero-order valence-corrected chi connectivity index (χ0v) is 9.39. The van der Waals surface area contributed by atoms with Crippen LogP contribution in [0.4, 0.5) is 4.39 Å². The van der Waals surface area contributed by atoms with Crippen molar-refractivity contribution in [2.75, 3.05) is 5.75 Å². The molecule has 0 aromatic heterocycles. The van der Waals surface area contributed by atoms with E-state index in [1.54, 1.807) is 17.8 Å². The minimum Gasteiger partial charge on any atom is -0.481 e. The number of benzene rings is 1. The summed E-state index contributed by atoms with van der Waals surface area (Å²) in [5.74, 6) is -0.393. The number of carboxylic acids is 1. The molecule has 2 unspecified atom stereocenters. The zero-order valence-electron chi connectivity index (χ0n) is 8.57. The molecular weight excluding hydrogens is 227 g/mol. The van der Waals surface area contributed by atoms with Gasteiger partial charge in [0.15, 0.2) is 0 Å². The largest absolute Gasteiger partial charge is 0.481 e. The lowest BCUT2D eigenvalue weighted by Gasteiger charge is -2.25. The molecule has 3 rings (SSSR count). The van der Waals surface area contributed by atoms with Gasteiger partial charge < -0.3 is 5.11 Å². The van der Waals surface area contributed by atoms with E-state index >= 15 is 0 Å². The van der Waals surface area contributed by atoms with E-state index in [-0.39, 0.29) is 17.2 Å². The normalized spacial score (nSPS) is 31.2. The van der Waals surface area contributed by atoms with Gasteiger partial charge in [-0.1, -0.05) is 0 Å². The zero-order chi connectivity index (χ0) is 11.3. The molecule has 16 heavy (non-hydrogen) atoms. The number of hydrogen-bond donors (Lipinski definition) is 1. The summed E-state index contributed by atoms with van der Waals surface area (Å²) in [4.78, 5) is 12.1. The van der Waals surface area contributed by atoms with Gasteiger partial charge in [-0.05, 0) is 42.4 Å². The van der Waals surface area contributed by atoms with Gasteiger partial charge in [0.1, 0.15) is 5.82 Å². The van der Waals surface area contributed by atoms with Gasteiger partial charge in [-0.2, -0.15) is 0 Å². The quantitative estimate of drug-likeness (QED) is 0.817. The highest BCUT2D eigenvalue weighted by Crippen LogP contribution is 2.61. The highest BCUT2D eigenvalue weighted by atomic mass is 32.2. The maximum absolute atomic E-state index is 13.2. The molecule has 1 spiro atoms. The predicted molar refractivity (Wildman–Crippen MR) is 59.2 cm³/mol. The molecule has 1 aliphatic heterocycles. The lowest BCUT2D eigenvalue weighted by molar-refractivity contribution is -0.139. The highest BCUT2D eigenvalue weighted by Gasteiger charge is 2.60. The number of rotatable bonds is 1. The monoisotopic (exact) mass is 238 g/mol. The molecule has 1 fully saturated rings. The predicted octanol–water partition coefficient (Wildman–Crippen LogP) is 2.66. The Hall–Kier alpha value is -1.03. The number of halogens is 1. The third kappa shape index (κ3) is 1.29. The molecule has 1 heterocycles. The van der Waals surface area contributed by atoms with E-state index in [0.717, 1.165) is 22.6 Å². The van der Waals surface area contributed by atoms with Gasteiger partial charge in [0.25, 0.3) is 0 Å². The van der Waals surface area contributed by atoms with E-state index in [9.17, 15) is 9.18 Å². The van der Waals surface area contributed by atoms with Gasteiger partial charge in [0.05, 0.1) is 5.92 Å². The number of carbonyl (C=O) groups is 1. The van der Waals surface area contributed by atoms with Crippen LogP contribution in [-0.2, 0) is 10.2 Å². The van der Waals surface area contributed by atoms with Crippen molar-refractivity contribution < 1.29 is 14.3 Å². The molecule has 1 aliphatic carbocycles. The fourth-order valence-corrected chi connectivity index (χ4v) is 3.97. The lowest BCUT2D eigenvalue weighted by Crippen LogP contribution is -2.20. The van der Waals surface area contributed by atoms with Crippen molar-refractivity contribution in [1.82, 2.24) is 0 Å². The van der Waals surface area contributed by atoms with Crippen LogP contribution in [0.5, 0.6) is 0 Å². The van der Waals surface area contributed by atoms with Crippen LogP contribution in [0.3, 0.4) is 0 Å². The molecule has 0 radical (unpaired) electrons. The summed E-state index contributed by atoms with van der Waals surface area (Å²) in [5.41, 5.74) is 0.644. The molecule has 1 aromatic rings. The number of carboxylic acid groups (broad SMARTS) is 1. The second-order valence-electron chi connectivity index (χ2n) is 4.49. The first-order valence-electron chi connectivity index (χ1n) is 5.29. The van der Waals surface area contributed by atoms with E-state index < -0.39 is 5.97 Å². The topological polar surface area (TPSA) is 37.3 Å². The van der Waals surface area contributed by atoms with Crippen molar-refractivity contribution in [3.8, 4) is 0 Å². The smallest absolute Gasteiger partial charge is 0.307 e. The van der Waals surface area contributed by atoms with Crippen molar-refractivity contribution >= 4 is 17.7 Å². The number of aliphatic carboxylic acids is 1. The van der Waals surface area contributed by atoms with Crippen molar-refractivity contribution in [3.63, 3.8) is 0 Å². The summed E-state index contributed by atoms with van der Waals surface area (Å²) in [6.45, 7) is 0. The van der Waals surface area contributed by atoms with Crippen LogP contribution in [0.25, 0.3) is 0 Å². The molecule has 0 saturated heterocycles. The van der Waals surface area contributed by atoms with Crippen LogP contribution in [0, 0.1) is 11.7 Å². The van der Waals surface area contributed by atoms with Gasteiger partial charge in [-0.15, -0.1) is 11.8 Å². The van der Waals surface area contributed by atoms with E-state index in [1.165, 1.54) is 12.1 Å². The standard InChI is InChI=1S/C12H11FO2S/c13-7-1-2-10-8(5-7)12(3-4-16-10)6-9(12)11(14)15/h1-2,5,9H,3-4,6H2,(H,14,15). The van der Waals surface area contributed by atoms with Gasteiger partial charge in [-0.3, -0.25) is 4.79 Å². The van der Waals surface area contributed by atoms with Crippen LogP contribution in [-0.4, -0.2) is 16.8 Å². The van der Waals surface area contributed by atoms with Crippen LogP contribution in [0.2, 0.25) is 0 Å². The first kappa shape index (κ1) is 10.1. The van der Waals surface area contributed by atoms with Crippen LogP contribution in [0.1, 0.15) is 18.4 Å². The molecule has 1 saturated carbocycles. The highest BCUT2D eigenvalue weighted by molar-refractivity contribution is 7.99. The van der Waals surface area contributed by atoms with E-state index in [0.29, 0.717) is 6.42 Å². The van der Waals surface area contributed by atoms with Gasteiger partial charge in [-0.25, -0.2) is 4.39 Å². The SMILES string of the molecule is O=C(O)C1CC12CCSc1ccc(F)cc12. The molecule has 0 bridgehead atoms. The van der Waals surface area contributed by atoms with Crippen LogP contribution >= 0.6 is 11.8 Å². The van der Waals surface area contributed by atoms with Crippen molar-refractivity contribution in [1.29, 1.82) is 0 Å². The lowest BCUT2D eigenvalue weighted by atomic mass is 9.90. The molecule has 1 aromatic carbocycles. The Morgan fingerprint density at radius 2 is 2.38 bits per heavy atom. The minimum absolute atomic E-state index is 0.267. The van der Waals surface area contributed by atoms with Crippen molar-refractivity contribution in [2.24, 2.45) is 5.92 Å². The second-order valence-corrected chi connectivity index (χ2v) is 5.63. The Labute approximate surface area is 96.9 Å². The minimum atomic E-state index is -0.748. The Bertz CT molecular complexity index is 474. The van der Waals surface area contributed by atoms with E-state index in [4.69, 9.17) is 5.11 Å². The second kappa shape index (κ2) is 3.23. The maximum Gasteiger partial charge on any atom is 0.307 e. The molecule has 0 amide bonds.